The molecular weight excluding hydrogens is 254 g/mol. The molecule has 116 valence electrons. The minimum Gasteiger partial charge on any atom is -0.355 e. The average molecular weight is 283 g/mol. The number of carbonyl (C=O) groups excluding carboxylic acids is 2. The van der Waals surface area contributed by atoms with E-state index in [-0.39, 0.29) is 23.3 Å². The van der Waals surface area contributed by atoms with Crippen LogP contribution in [-0.4, -0.2) is 37.5 Å². The molecule has 0 aromatic heterocycles. The highest BCUT2D eigenvalue weighted by atomic mass is 16.2. The Bertz CT molecular complexity index is 318. The van der Waals surface area contributed by atoms with Crippen molar-refractivity contribution in [3.8, 4) is 0 Å². The van der Waals surface area contributed by atoms with E-state index in [4.69, 9.17) is 0 Å². The Hall–Kier alpha value is -1.10. The molecule has 20 heavy (non-hydrogen) atoms. The minimum absolute atomic E-state index is 0.00777. The second-order valence-electron chi connectivity index (χ2n) is 6.04. The van der Waals surface area contributed by atoms with E-state index in [2.05, 4.69) is 22.9 Å². The Morgan fingerprint density at radius 3 is 2.65 bits per heavy atom. The normalized spacial score (nSPS) is 22.6. The molecule has 0 bridgehead atoms. The predicted molar refractivity (Wildman–Crippen MR) is 80.4 cm³/mol. The van der Waals surface area contributed by atoms with Crippen molar-refractivity contribution in [3.63, 3.8) is 0 Å². The van der Waals surface area contributed by atoms with E-state index in [1.54, 1.807) is 0 Å². The summed E-state index contributed by atoms with van der Waals surface area (Å²) in [4.78, 5) is 24.0. The molecule has 1 unspecified atom stereocenters. The maximum atomic E-state index is 12.4. The second-order valence-corrected chi connectivity index (χ2v) is 6.04. The molecule has 1 aliphatic heterocycles. The topological polar surface area (TPSA) is 70.2 Å². The summed E-state index contributed by atoms with van der Waals surface area (Å²) in [5.74, 6) is 0.0931. The molecule has 5 nitrogen and oxygen atoms in total. The van der Waals surface area contributed by atoms with Gasteiger partial charge in [-0.15, -0.1) is 0 Å². The summed E-state index contributed by atoms with van der Waals surface area (Å²) in [5.41, 5.74) is -0.276. The van der Waals surface area contributed by atoms with Gasteiger partial charge in [0.05, 0.1) is 5.41 Å². The average Bonchev–Trinajstić information content (AvgIpc) is 2.39. The van der Waals surface area contributed by atoms with Gasteiger partial charge in [0.1, 0.15) is 0 Å². The fourth-order valence-corrected chi connectivity index (χ4v) is 2.84. The summed E-state index contributed by atoms with van der Waals surface area (Å²) in [7, 11) is 0. The van der Waals surface area contributed by atoms with Gasteiger partial charge in [0.25, 0.3) is 0 Å². The van der Waals surface area contributed by atoms with Crippen LogP contribution in [0.2, 0.25) is 0 Å². The van der Waals surface area contributed by atoms with E-state index in [9.17, 15) is 9.59 Å². The molecule has 0 spiro atoms. The zero-order valence-electron chi connectivity index (χ0n) is 13.1. The lowest BCUT2D eigenvalue weighted by Gasteiger charge is -2.36. The van der Waals surface area contributed by atoms with Gasteiger partial charge in [0.2, 0.25) is 11.8 Å². The highest BCUT2D eigenvalue weighted by Gasteiger charge is 2.38. The molecule has 0 radical (unpaired) electrons. The van der Waals surface area contributed by atoms with Gasteiger partial charge >= 0.3 is 0 Å². The zero-order chi connectivity index (χ0) is 15.0. The van der Waals surface area contributed by atoms with Crippen LogP contribution in [0.4, 0.5) is 0 Å². The molecule has 0 saturated carbocycles. The molecule has 0 aromatic rings. The number of amides is 2. The van der Waals surface area contributed by atoms with Crippen molar-refractivity contribution in [1.82, 2.24) is 16.0 Å². The first kappa shape index (κ1) is 17.0. The zero-order valence-corrected chi connectivity index (χ0v) is 13.1. The van der Waals surface area contributed by atoms with Gasteiger partial charge < -0.3 is 16.0 Å². The largest absolute Gasteiger partial charge is 0.355 e. The van der Waals surface area contributed by atoms with Crippen molar-refractivity contribution < 1.29 is 9.59 Å². The van der Waals surface area contributed by atoms with E-state index < -0.39 is 0 Å². The molecule has 3 N–H and O–H groups in total. The van der Waals surface area contributed by atoms with E-state index >= 15 is 0 Å². The third kappa shape index (κ3) is 5.12. The third-order valence-corrected chi connectivity index (χ3v) is 3.77. The maximum Gasteiger partial charge on any atom is 0.227 e. The van der Waals surface area contributed by atoms with Crippen molar-refractivity contribution in [3.05, 3.63) is 0 Å². The van der Waals surface area contributed by atoms with Crippen LogP contribution >= 0.6 is 0 Å². The molecule has 1 saturated heterocycles. The Kier molecular flexibility index (Phi) is 6.99. The van der Waals surface area contributed by atoms with E-state index in [1.807, 2.05) is 13.8 Å². The number of piperidine rings is 1. The van der Waals surface area contributed by atoms with E-state index in [1.165, 1.54) is 0 Å². The first-order chi connectivity index (χ1) is 9.50. The van der Waals surface area contributed by atoms with Crippen molar-refractivity contribution in [2.75, 3.05) is 19.6 Å². The third-order valence-electron chi connectivity index (χ3n) is 3.77. The molecule has 2 amide bonds. The summed E-state index contributed by atoms with van der Waals surface area (Å²) >= 11 is 0. The van der Waals surface area contributed by atoms with Crippen LogP contribution in [0.15, 0.2) is 0 Å². The second kappa shape index (κ2) is 8.25. The van der Waals surface area contributed by atoms with Gasteiger partial charge in [-0.1, -0.05) is 13.3 Å². The Balaban J connectivity index is 2.41. The highest BCUT2D eigenvalue weighted by molar-refractivity contribution is 5.84. The number of rotatable bonds is 7. The summed E-state index contributed by atoms with van der Waals surface area (Å²) in [6.45, 7) is 8.14. The first-order valence-corrected chi connectivity index (χ1v) is 7.78. The molecule has 1 fully saturated rings. The number of nitrogens with one attached hydrogen (secondary N) is 3. The van der Waals surface area contributed by atoms with Gasteiger partial charge in [-0.05, 0) is 39.7 Å². The van der Waals surface area contributed by atoms with E-state index in [0.717, 1.165) is 38.8 Å². The monoisotopic (exact) mass is 283 g/mol. The lowest BCUT2D eigenvalue weighted by atomic mass is 9.76. The van der Waals surface area contributed by atoms with Crippen LogP contribution in [0.5, 0.6) is 0 Å². The molecule has 5 heteroatoms. The fraction of sp³-hybridized carbons (Fsp3) is 0.867. The standard InChI is InChI=1S/C15H29N3O2/c1-4-7-15(8-5-9-16-11-15)14(20)17-10-6-13(19)18-12(2)3/h12,16H,4-11H2,1-3H3,(H,17,20)(H,18,19). The van der Waals surface area contributed by atoms with E-state index in [0.29, 0.717) is 13.0 Å². The fourth-order valence-electron chi connectivity index (χ4n) is 2.84. The summed E-state index contributed by atoms with van der Waals surface area (Å²) in [6, 6.07) is 0.146. The molecule has 1 rings (SSSR count). The van der Waals surface area contributed by atoms with Crippen LogP contribution in [0.25, 0.3) is 0 Å². The summed E-state index contributed by atoms with van der Waals surface area (Å²) in [6.07, 6.45) is 4.24. The van der Waals surface area contributed by atoms with Crippen LogP contribution in [0.1, 0.15) is 52.9 Å². The summed E-state index contributed by atoms with van der Waals surface area (Å²) < 4.78 is 0. The van der Waals surface area contributed by atoms with Crippen LogP contribution in [0, 0.1) is 5.41 Å². The highest BCUT2D eigenvalue weighted by Crippen LogP contribution is 2.31. The van der Waals surface area contributed by atoms with Crippen molar-refractivity contribution in [1.29, 1.82) is 0 Å². The van der Waals surface area contributed by atoms with Crippen LogP contribution in [-0.2, 0) is 9.59 Å². The maximum absolute atomic E-state index is 12.4. The minimum atomic E-state index is -0.276. The Morgan fingerprint density at radius 2 is 2.10 bits per heavy atom. The Labute approximate surface area is 122 Å². The Morgan fingerprint density at radius 1 is 1.35 bits per heavy atom. The predicted octanol–water partition coefficient (Wildman–Crippen LogP) is 1.19. The van der Waals surface area contributed by atoms with Gasteiger partial charge in [0.15, 0.2) is 0 Å². The van der Waals surface area contributed by atoms with Gasteiger partial charge in [-0.3, -0.25) is 9.59 Å². The van der Waals surface area contributed by atoms with Gasteiger partial charge in [0, 0.05) is 25.6 Å². The molecule has 1 aliphatic rings. The smallest absolute Gasteiger partial charge is 0.227 e. The molecular formula is C15H29N3O2. The molecule has 0 aromatic carbocycles. The lowest BCUT2D eigenvalue weighted by molar-refractivity contribution is -0.132. The SMILES string of the molecule is CCCC1(C(=O)NCCC(=O)NC(C)C)CCCNC1. The van der Waals surface area contributed by atoms with Crippen molar-refractivity contribution in [2.45, 2.75) is 58.9 Å². The molecule has 1 heterocycles. The van der Waals surface area contributed by atoms with Crippen LogP contribution < -0.4 is 16.0 Å². The first-order valence-electron chi connectivity index (χ1n) is 7.78. The molecule has 0 aliphatic carbocycles. The van der Waals surface area contributed by atoms with Crippen molar-refractivity contribution in [2.24, 2.45) is 5.41 Å². The number of hydrogen-bond acceptors (Lipinski definition) is 3. The van der Waals surface area contributed by atoms with Crippen LogP contribution in [0.3, 0.4) is 0 Å². The number of carbonyl (C=O) groups is 2. The van der Waals surface area contributed by atoms with Crippen molar-refractivity contribution >= 4 is 11.8 Å². The van der Waals surface area contributed by atoms with Gasteiger partial charge in [-0.25, -0.2) is 0 Å². The lowest BCUT2D eigenvalue weighted by Crippen LogP contribution is -2.51. The summed E-state index contributed by atoms with van der Waals surface area (Å²) in [5, 5.41) is 9.10. The number of hydrogen-bond donors (Lipinski definition) is 3. The molecule has 1 atom stereocenters. The quantitative estimate of drug-likeness (QED) is 0.657. The van der Waals surface area contributed by atoms with Gasteiger partial charge in [-0.2, -0.15) is 0 Å².